The molecule has 0 saturated heterocycles. The largest absolute Gasteiger partial charge is 0.508 e. The van der Waals surface area contributed by atoms with Crippen LogP contribution in [0.4, 0.5) is 4.79 Å². The van der Waals surface area contributed by atoms with E-state index in [1.165, 1.54) is 115 Å². The number of quaternary nitrogens is 1. The van der Waals surface area contributed by atoms with Crippen molar-refractivity contribution < 1.29 is 37.9 Å². The number of nitrogens with zero attached hydrogens (tertiary/aromatic N) is 1. The summed E-state index contributed by atoms with van der Waals surface area (Å²) >= 11 is 0. The van der Waals surface area contributed by atoms with Crippen molar-refractivity contribution in [1.29, 1.82) is 0 Å². The number of rotatable bonds is 36. The number of carbonyl (C=O) groups excluding carboxylic acids is 4. The molecule has 2 N–H and O–H groups in total. The normalized spacial score (nSPS) is 26.3. The highest BCUT2D eigenvalue weighted by Gasteiger charge is 2.59. The number of esters is 1. The Kier molecular flexibility index (Phi) is 29.0. The predicted molar refractivity (Wildman–Crippen MR) is 311 cm³/mol. The number of nitrogens with one attached hydrogen (secondary N) is 2. The summed E-state index contributed by atoms with van der Waals surface area (Å²) in [4.78, 5) is 52.3. The molecule has 4 aliphatic carbocycles. The van der Waals surface area contributed by atoms with E-state index < -0.39 is 18.2 Å². The third-order valence-corrected chi connectivity index (χ3v) is 20.9. The van der Waals surface area contributed by atoms with Crippen LogP contribution in [0, 0.1) is 58.2 Å². The van der Waals surface area contributed by atoms with E-state index in [-0.39, 0.29) is 55.4 Å². The van der Waals surface area contributed by atoms with Crippen molar-refractivity contribution in [2.45, 2.75) is 228 Å². The van der Waals surface area contributed by atoms with Gasteiger partial charge in [0.1, 0.15) is 12.7 Å². The van der Waals surface area contributed by atoms with Crippen molar-refractivity contribution in [1.82, 2.24) is 10.6 Å². The lowest BCUT2D eigenvalue weighted by atomic mass is 9.47. The first-order valence-electron chi connectivity index (χ1n) is 30.3. The van der Waals surface area contributed by atoms with Gasteiger partial charge in [-0.15, -0.1) is 0 Å². The van der Waals surface area contributed by atoms with Gasteiger partial charge >= 0.3 is 12.1 Å². The van der Waals surface area contributed by atoms with Crippen molar-refractivity contribution in [2.24, 2.45) is 58.2 Å². The Morgan fingerprint density at radius 1 is 0.784 bits per heavy atom. The number of hydrogen-bond donors (Lipinski definition) is 2. The monoisotopic (exact) mass is 1070 g/mol. The number of ether oxygens (including phenoxy) is 3. The van der Waals surface area contributed by atoms with Gasteiger partial charge < -0.3 is 29.3 Å². The molecule has 0 heterocycles. The van der Waals surface area contributed by atoms with Gasteiger partial charge in [0.15, 0.2) is 6.10 Å². The maximum absolute atomic E-state index is 13.4. The van der Waals surface area contributed by atoms with Crippen LogP contribution in [0.5, 0.6) is 0 Å². The van der Waals surface area contributed by atoms with Crippen LogP contribution in [0.25, 0.3) is 0 Å². The molecule has 4 rings (SSSR count). The molecular formula is C62H110N3O7S2+. The van der Waals surface area contributed by atoms with Gasteiger partial charge in [0, 0.05) is 24.5 Å². The molecule has 74 heavy (non-hydrogen) atoms. The Hall–Kier alpha value is -2.18. The van der Waals surface area contributed by atoms with E-state index >= 15 is 0 Å². The topological polar surface area (TPSA) is 120 Å². The van der Waals surface area contributed by atoms with Crippen molar-refractivity contribution in [2.75, 3.05) is 58.9 Å². The van der Waals surface area contributed by atoms with E-state index in [4.69, 9.17) is 14.2 Å². The summed E-state index contributed by atoms with van der Waals surface area (Å²) in [6.45, 7) is 19.3. The molecule has 0 bridgehead atoms. The lowest BCUT2D eigenvalue weighted by Crippen LogP contribution is -2.51. The van der Waals surface area contributed by atoms with E-state index in [9.17, 15) is 19.2 Å². The Balaban J connectivity index is 1.24. The summed E-state index contributed by atoms with van der Waals surface area (Å²) in [7, 11) is 9.93. The van der Waals surface area contributed by atoms with Crippen LogP contribution in [0.2, 0.25) is 0 Å². The first-order valence-corrected chi connectivity index (χ1v) is 32.8. The fourth-order valence-corrected chi connectivity index (χ4v) is 16.2. The highest BCUT2D eigenvalue weighted by molar-refractivity contribution is 8.76. The van der Waals surface area contributed by atoms with Crippen LogP contribution in [0.3, 0.4) is 0 Å². The van der Waals surface area contributed by atoms with Gasteiger partial charge in [-0.05, 0) is 110 Å². The average molecular weight is 1070 g/mol. The molecule has 426 valence electrons. The quantitative estimate of drug-likeness (QED) is 0.0208. The molecule has 0 aliphatic heterocycles. The van der Waals surface area contributed by atoms with Crippen molar-refractivity contribution in [3.05, 3.63) is 23.8 Å². The van der Waals surface area contributed by atoms with E-state index in [1.54, 1.807) is 21.6 Å². The van der Waals surface area contributed by atoms with E-state index in [0.29, 0.717) is 40.8 Å². The second-order valence-electron chi connectivity index (χ2n) is 25.4. The Morgan fingerprint density at radius 3 is 2.05 bits per heavy atom. The molecule has 11 atom stereocenters. The number of amides is 2. The molecule has 3 unspecified atom stereocenters. The standard InChI is InChI=1S/C62H109N3O7S2/c1-12-14-15-16-17-18-19-20-21-22-23-24-25-26-27-28-58(67)71-52(42-63-57(66)43-64-59(68)48(6)45-74-73-40-39-65(9,10)11)44-70-60(69)72-51-35-37-61(7)50(41-51)31-32-53-55-34-33-54(62(55,8)38-36-56(53)61)47(5)29-30-49(13-2)46(3)4/h29-31,46-49,51-56H,12-28,32-45H2,1-11H3,(H-,63,64,66,68)/p+1/b30-29+/t47?,48?,49-,51+,52?,53+,54-,55+,56+,61+,62-/m1/s1. The highest BCUT2D eigenvalue weighted by atomic mass is 33.1. The second-order valence-corrected chi connectivity index (χ2v) is 28.1. The van der Waals surface area contributed by atoms with E-state index in [2.05, 4.69) is 98.5 Å². The summed E-state index contributed by atoms with van der Waals surface area (Å²) in [5, 5.41) is 5.54. The Morgan fingerprint density at radius 2 is 1.43 bits per heavy atom. The van der Waals surface area contributed by atoms with Crippen LogP contribution in [-0.2, 0) is 28.6 Å². The minimum atomic E-state index is -0.891. The van der Waals surface area contributed by atoms with E-state index in [1.807, 2.05) is 6.92 Å². The van der Waals surface area contributed by atoms with Crippen molar-refractivity contribution in [3.63, 3.8) is 0 Å². The highest BCUT2D eigenvalue weighted by Crippen LogP contribution is 2.67. The van der Waals surface area contributed by atoms with Crippen LogP contribution >= 0.6 is 21.6 Å². The van der Waals surface area contributed by atoms with Crippen LogP contribution in [0.15, 0.2) is 23.8 Å². The fraction of sp³-hybridized carbons (Fsp3) is 0.871. The molecule has 2 amide bonds. The van der Waals surface area contributed by atoms with Crippen molar-refractivity contribution >= 4 is 45.5 Å². The molecule has 3 fully saturated rings. The zero-order valence-electron chi connectivity index (χ0n) is 49.0. The smallest absolute Gasteiger partial charge is 0.457 e. The average Bonchev–Trinajstić information content (AvgIpc) is 3.72. The summed E-state index contributed by atoms with van der Waals surface area (Å²) in [6, 6.07) is 0. The predicted octanol–water partition coefficient (Wildman–Crippen LogP) is 15.1. The Bertz CT molecular complexity index is 1730. The van der Waals surface area contributed by atoms with Crippen LogP contribution < -0.4 is 10.6 Å². The number of unbranched alkanes of at least 4 members (excludes halogenated alkanes) is 14. The lowest BCUT2D eigenvalue weighted by molar-refractivity contribution is -0.867. The number of hydrogen-bond acceptors (Lipinski definition) is 9. The molecule has 10 nitrogen and oxygen atoms in total. The van der Waals surface area contributed by atoms with Gasteiger partial charge in [0.05, 0.1) is 46.5 Å². The molecule has 4 aliphatic rings. The van der Waals surface area contributed by atoms with Crippen LogP contribution in [0.1, 0.15) is 216 Å². The summed E-state index contributed by atoms with van der Waals surface area (Å²) in [6.07, 6.45) is 34.7. The molecule has 0 aromatic carbocycles. The molecule has 0 aromatic rings. The third-order valence-electron chi connectivity index (χ3n) is 18.3. The maximum atomic E-state index is 13.4. The number of carbonyl (C=O) groups is 4. The third kappa shape index (κ3) is 21.6. The van der Waals surface area contributed by atoms with Gasteiger partial charge in [0.25, 0.3) is 0 Å². The number of allylic oxidation sites excluding steroid dienone is 3. The molecule has 0 aromatic heterocycles. The fourth-order valence-electron chi connectivity index (χ4n) is 13.5. The van der Waals surface area contributed by atoms with Gasteiger partial charge in [-0.1, -0.05) is 191 Å². The van der Waals surface area contributed by atoms with Crippen LogP contribution in [-0.4, -0.2) is 99.5 Å². The first kappa shape index (κ1) is 64.3. The maximum Gasteiger partial charge on any atom is 0.508 e. The SMILES string of the molecule is CCCCCCCCCCCCCCCCCC(=O)OC(CNC(=O)CNC(=O)C(C)CSSCC[N+](C)(C)C)COC(=O)O[C@H]1CC[C@@]2(C)C(=CC[C@H]3[C@@H]4CC[C@H](C(C)/C=C/[C@@H](CC)C(C)C)[C@@]4(C)CC[C@@H]32)C1. The molecule has 0 spiro atoms. The van der Waals surface area contributed by atoms with Gasteiger partial charge in [0.2, 0.25) is 11.8 Å². The first-order chi connectivity index (χ1) is 35.3. The van der Waals surface area contributed by atoms with Gasteiger partial charge in [-0.2, -0.15) is 0 Å². The zero-order chi connectivity index (χ0) is 54.2. The van der Waals surface area contributed by atoms with Gasteiger partial charge in [-0.25, -0.2) is 4.79 Å². The van der Waals surface area contributed by atoms with Gasteiger partial charge in [-0.3, -0.25) is 14.4 Å². The number of fused-ring (bicyclic) bond motifs is 5. The summed E-state index contributed by atoms with van der Waals surface area (Å²) < 4.78 is 18.4. The molecule has 12 heteroatoms. The molecule has 3 saturated carbocycles. The molecular weight excluding hydrogens is 963 g/mol. The summed E-state index contributed by atoms with van der Waals surface area (Å²) in [5.74, 6) is 5.22. The molecule has 0 radical (unpaired) electrons. The Labute approximate surface area is 460 Å². The minimum absolute atomic E-state index is 0.0496. The summed E-state index contributed by atoms with van der Waals surface area (Å²) in [5.41, 5.74) is 1.95. The zero-order valence-corrected chi connectivity index (χ0v) is 50.7. The minimum Gasteiger partial charge on any atom is -0.457 e. The van der Waals surface area contributed by atoms with Crippen molar-refractivity contribution in [3.8, 4) is 0 Å². The second kappa shape index (κ2) is 33.3. The lowest BCUT2D eigenvalue weighted by Gasteiger charge is -2.58. The van der Waals surface area contributed by atoms with E-state index in [0.717, 1.165) is 73.6 Å².